The van der Waals surface area contributed by atoms with Crippen molar-refractivity contribution >= 4 is 5.91 Å². The van der Waals surface area contributed by atoms with Gasteiger partial charge >= 0.3 is 0 Å². The van der Waals surface area contributed by atoms with E-state index in [1.807, 2.05) is 18.2 Å². The highest BCUT2D eigenvalue weighted by Crippen LogP contribution is 2.45. The Bertz CT molecular complexity index is 868. The molecule has 7 heteroatoms. The Labute approximate surface area is 176 Å². The molecule has 1 saturated carbocycles. The molecule has 1 unspecified atom stereocenters. The van der Waals surface area contributed by atoms with Gasteiger partial charge in [-0.1, -0.05) is 12.8 Å². The smallest absolute Gasteiger partial charge is 0.275 e. The number of furan rings is 1. The summed E-state index contributed by atoms with van der Waals surface area (Å²) in [7, 11) is 1.53. The van der Waals surface area contributed by atoms with E-state index < -0.39 is 5.60 Å². The van der Waals surface area contributed by atoms with Gasteiger partial charge in [-0.15, -0.1) is 0 Å². The molecule has 2 aromatic rings. The van der Waals surface area contributed by atoms with Gasteiger partial charge in [-0.3, -0.25) is 4.79 Å². The van der Waals surface area contributed by atoms with E-state index in [1.54, 1.807) is 18.4 Å². The summed E-state index contributed by atoms with van der Waals surface area (Å²) in [5.74, 6) is 1.26. The number of hydrogen-bond donors (Lipinski definition) is 4. The highest BCUT2D eigenvalue weighted by atomic mass is 16.5. The molecule has 162 valence electrons. The van der Waals surface area contributed by atoms with Crippen molar-refractivity contribution < 1.29 is 29.1 Å². The number of aliphatic hydroxyl groups is 1. The lowest BCUT2D eigenvalue weighted by molar-refractivity contribution is -0.937. The lowest BCUT2D eigenvalue weighted by Crippen LogP contribution is -3.16. The molecule has 0 spiro atoms. The zero-order chi connectivity index (χ0) is 21.1. The first-order chi connectivity index (χ1) is 14.5. The summed E-state index contributed by atoms with van der Waals surface area (Å²) in [6.07, 6.45) is 6.15. The number of phenolic OH excluding ortho intramolecular Hbond substituents is 1. The first-order valence-corrected chi connectivity index (χ1v) is 10.7. The van der Waals surface area contributed by atoms with Crippen molar-refractivity contribution in [2.24, 2.45) is 5.92 Å². The molecule has 1 saturated heterocycles. The van der Waals surface area contributed by atoms with Crippen molar-refractivity contribution in [3.8, 4) is 11.5 Å². The minimum atomic E-state index is -0.692. The van der Waals surface area contributed by atoms with Crippen LogP contribution in [0.5, 0.6) is 11.5 Å². The molecule has 1 amide bonds. The molecule has 2 aliphatic rings. The molecule has 2 heterocycles. The molecular weight excluding hydrogens is 384 g/mol. The second-order valence-corrected chi connectivity index (χ2v) is 8.56. The van der Waals surface area contributed by atoms with Crippen LogP contribution < -0.4 is 15.0 Å². The van der Waals surface area contributed by atoms with Crippen molar-refractivity contribution in [1.29, 1.82) is 0 Å². The Hall–Kier alpha value is -2.51. The number of likely N-dealkylation sites (tertiary alicyclic amines) is 1. The molecule has 4 rings (SSSR count). The minimum Gasteiger partial charge on any atom is -0.504 e. The first kappa shape index (κ1) is 20.8. The number of fused-ring (bicyclic) bond motifs is 1. The van der Waals surface area contributed by atoms with Gasteiger partial charge in [0.05, 0.1) is 32.1 Å². The molecule has 1 aromatic carbocycles. The molecule has 4 N–H and O–H groups in total. The summed E-state index contributed by atoms with van der Waals surface area (Å²) in [5.41, 5.74) is 0.297. The fourth-order valence-electron chi connectivity index (χ4n) is 5.28. The number of rotatable bonds is 6. The third-order valence-corrected chi connectivity index (χ3v) is 6.78. The molecule has 1 aliphatic heterocycles. The van der Waals surface area contributed by atoms with Gasteiger partial charge in [0.1, 0.15) is 11.8 Å². The number of carbonyl (C=O) groups excluding carboxylic acids is 1. The van der Waals surface area contributed by atoms with Crippen LogP contribution in [0.25, 0.3) is 0 Å². The number of ether oxygens (including phenoxy) is 1. The highest BCUT2D eigenvalue weighted by Gasteiger charge is 2.52. The molecule has 1 aromatic heterocycles. The van der Waals surface area contributed by atoms with Crippen LogP contribution in [0.3, 0.4) is 0 Å². The molecule has 0 radical (unpaired) electrons. The van der Waals surface area contributed by atoms with Crippen LogP contribution in [0, 0.1) is 5.92 Å². The van der Waals surface area contributed by atoms with E-state index in [1.165, 1.54) is 7.11 Å². The highest BCUT2D eigenvalue weighted by molar-refractivity contribution is 5.76. The quantitative estimate of drug-likeness (QED) is 0.574. The Morgan fingerprint density at radius 2 is 2.20 bits per heavy atom. The van der Waals surface area contributed by atoms with E-state index in [4.69, 9.17) is 9.15 Å². The summed E-state index contributed by atoms with van der Waals surface area (Å²) < 4.78 is 10.6. The maximum Gasteiger partial charge on any atom is 0.275 e. The molecule has 4 atom stereocenters. The van der Waals surface area contributed by atoms with Crippen molar-refractivity contribution in [3.05, 3.63) is 47.9 Å². The zero-order valence-corrected chi connectivity index (χ0v) is 17.4. The average Bonchev–Trinajstić information content (AvgIpc) is 3.26. The molecule has 0 bridgehead atoms. The van der Waals surface area contributed by atoms with Crippen LogP contribution in [-0.4, -0.2) is 41.9 Å². The van der Waals surface area contributed by atoms with E-state index >= 15 is 0 Å². The largest absolute Gasteiger partial charge is 0.504 e. The summed E-state index contributed by atoms with van der Waals surface area (Å²) in [6, 6.07) is 8.98. The fourth-order valence-corrected chi connectivity index (χ4v) is 5.28. The topological polar surface area (TPSA) is 96.4 Å². The van der Waals surface area contributed by atoms with Crippen LogP contribution in [0.15, 0.2) is 41.0 Å². The van der Waals surface area contributed by atoms with E-state index in [9.17, 15) is 15.0 Å². The summed E-state index contributed by atoms with van der Waals surface area (Å²) in [4.78, 5) is 13.8. The predicted octanol–water partition coefficient (Wildman–Crippen LogP) is 1.56. The molecule has 2 fully saturated rings. The number of piperidine rings is 1. The lowest BCUT2D eigenvalue weighted by Gasteiger charge is -2.50. The van der Waals surface area contributed by atoms with Crippen molar-refractivity contribution in [2.75, 3.05) is 20.2 Å². The Morgan fingerprint density at radius 1 is 1.33 bits per heavy atom. The second kappa shape index (κ2) is 8.70. The van der Waals surface area contributed by atoms with Crippen LogP contribution in [-0.2, 0) is 11.3 Å². The lowest BCUT2D eigenvalue weighted by atomic mass is 9.66. The van der Waals surface area contributed by atoms with Crippen LogP contribution >= 0.6 is 0 Å². The van der Waals surface area contributed by atoms with Gasteiger partial charge in [0.15, 0.2) is 18.0 Å². The normalized spacial score (nSPS) is 28.5. The van der Waals surface area contributed by atoms with Crippen molar-refractivity contribution in [2.45, 2.75) is 50.3 Å². The number of aromatic hydroxyl groups is 1. The molecular formula is C23H31N2O5+. The van der Waals surface area contributed by atoms with E-state index in [-0.39, 0.29) is 23.6 Å². The Balaban J connectivity index is 1.57. The molecule has 1 aliphatic carbocycles. The number of hydrogen-bond acceptors (Lipinski definition) is 5. The van der Waals surface area contributed by atoms with Crippen LogP contribution in [0.1, 0.15) is 49.5 Å². The second-order valence-electron chi connectivity index (χ2n) is 8.56. The number of carbonyl (C=O) groups is 1. The summed E-state index contributed by atoms with van der Waals surface area (Å²) >= 11 is 0. The average molecular weight is 416 g/mol. The van der Waals surface area contributed by atoms with Gasteiger partial charge in [-0.2, -0.15) is 0 Å². The third kappa shape index (κ3) is 4.18. The molecule has 7 nitrogen and oxygen atoms in total. The standard InChI is InChI=1S/C23H30N2O5/c1-29-20-13-16(7-8-19(20)26)22-18-6-2-3-9-23(18,28)10-11-25(22)15-21(27)24-14-17-5-4-12-30-17/h4-5,7-8,12-13,18,22,26,28H,2-3,6,9-11,14-15H2,1H3,(H,24,27)/p+1/t18-,22+,23+/m0/s1. The fraction of sp³-hybridized carbons (Fsp3) is 0.522. The number of quaternary nitrogens is 1. The third-order valence-electron chi connectivity index (χ3n) is 6.78. The number of amides is 1. The van der Waals surface area contributed by atoms with Crippen molar-refractivity contribution in [1.82, 2.24) is 5.32 Å². The monoisotopic (exact) mass is 415 g/mol. The summed E-state index contributed by atoms with van der Waals surface area (Å²) in [6.45, 7) is 1.40. The molecule has 30 heavy (non-hydrogen) atoms. The van der Waals surface area contributed by atoms with Crippen LogP contribution in [0.2, 0.25) is 0 Å². The maximum absolute atomic E-state index is 12.7. The number of methoxy groups -OCH3 is 1. The van der Waals surface area contributed by atoms with E-state index in [0.717, 1.165) is 48.5 Å². The minimum absolute atomic E-state index is 0.0343. The first-order valence-electron chi connectivity index (χ1n) is 10.7. The van der Waals surface area contributed by atoms with Gasteiger partial charge < -0.3 is 29.6 Å². The number of nitrogens with one attached hydrogen (secondary N) is 2. The van der Waals surface area contributed by atoms with Gasteiger partial charge in [0, 0.05) is 17.9 Å². The summed E-state index contributed by atoms with van der Waals surface area (Å²) in [5, 5.41) is 24.3. The predicted molar refractivity (Wildman–Crippen MR) is 110 cm³/mol. The van der Waals surface area contributed by atoms with Crippen molar-refractivity contribution in [3.63, 3.8) is 0 Å². The number of benzene rings is 1. The number of phenols is 1. The van der Waals surface area contributed by atoms with Gasteiger partial charge in [0.2, 0.25) is 0 Å². The van der Waals surface area contributed by atoms with Gasteiger partial charge in [-0.25, -0.2) is 0 Å². The van der Waals surface area contributed by atoms with Gasteiger partial charge in [-0.05, 0) is 43.2 Å². The SMILES string of the molecule is COc1cc([C@@H]2[C@@H]3CCCC[C@@]3(O)CC[NH+]2CC(=O)NCc2ccco2)ccc1O. The van der Waals surface area contributed by atoms with E-state index in [2.05, 4.69) is 5.32 Å². The Kier molecular flexibility index (Phi) is 6.01. The van der Waals surface area contributed by atoms with Crippen LogP contribution in [0.4, 0.5) is 0 Å². The maximum atomic E-state index is 12.7. The Morgan fingerprint density at radius 3 is 2.97 bits per heavy atom. The zero-order valence-electron chi connectivity index (χ0n) is 17.4. The van der Waals surface area contributed by atoms with Gasteiger partial charge in [0.25, 0.3) is 5.91 Å². The van der Waals surface area contributed by atoms with E-state index in [0.29, 0.717) is 25.3 Å².